The number of hydrogen-bond acceptors (Lipinski definition) is 3. The summed E-state index contributed by atoms with van der Waals surface area (Å²) in [6, 6.07) is 12.8. The first-order valence-electron chi connectivity index (χ1n) is 8.80. The van der Waals surface area contributed by atoms with Gasteiger partial charge in [0, 0.05) is 5.69 Å². The van der Waals surface area contributed by atoms with Crippen molar-refractivity contribution in [2.75, 3.05) is 11.9 Å². The Hall–Kier alpha value is -2.62. The molecule has 2 aromatic carbocycles. The highest BCUT2D eigenvalue weighted by atomic mass is 16.5. The van der Waals surface area contributed by atoms with Gasteiger partial charge in [-0.3, -0.25) is 4.79 Å². The van der Waals surface area contributed by atoms with E-state index in [0.29, 0.717) is 17.7 Å². The SMILES string of the molecule is CCCOC(=O)c1ccccc1C(=O)Nc1c(CC)cccc1CC. The zero-order chi connectivity index (χ0) is 18.2. The maximum atomic E-state index is 12.8. The number of amides is 1. The Labute approximate surface area is 149 Å². The van der Waals surface area contributed by atoms with Crippen LogP contribution in [-0.2, 0) is 17.6 Å². The standard InChI is InChI=1S/C21H25NO3/c1-4-14-25-21(24)18-13-8-7-12-17(18)20(23)22-19-15(5-2)10-9-11-16(19)6-3/h7-13H,4-6,14H2,1-3H3,(H,22,23). The molecule has 2 aromatic rings. The van der Waals surface area contributed by atoms with Crippen molar-refractivity contribution >= 4 is 17.6 Å². The molecule has 1 amide bonds. The third-order valence-corrected chi connectivity index (χ3v) is 4.07. The lowest BCUT2D eigenvalue weighted by Gasteiger charge is -2.15. The average Bonchev–Trinajstić information content (AvgIpc) is 2.66. The Kier molecular flexibility index (Phi) is 6.75. The number of hydrogen-bond donors (Lipinski definition) is 1. The molecular weight excluding hydrogens is 314 g/mol. The highest BCUT2D eigenvalue weighted by Gasteiger charge is 2.19. The Morgan fingerprint density at radius 1 is 0.880 bits per heavy atom. The van der Waals surface area contributed by atoms with E-state index in [9.17, 15) is 9.59 Å². The predicted octanol–water partition coefficient (Wildman–Crippen LogP) is 4.63. The molecule has 4 heteroatoms. The van der Waals surface area contributed by atoms with Gasteiger partial charge in [0.1, 0.15) is 0 Å². The lowest BCUT2D eigenvalue weighted by atomic mass is 10.0. The summed E-state index contributed by atoms with van der Waals surface area (Å²) in [5.41, 5.74) is 3.63. The van der Waals surface area contributed by atoms with Gasteiger partial charge < -0.3 is 10.1 Å². The van der Waals surface area contributed by atoms with Crippen LogP contribution in [0.3, 0.4) is 0 Å². The number of benzene rings is 2. The molecule has 2 rings (SSSR count). The van der Waals surface area contributed by atoms with Crippen molar-refractivity contribution in [3.8, 4) is 0 Å². The molecule has 25 heavy (non-hydrogen) atoms. The number of esters is 1. The molecule has 0 aliphatic carbocycles. The summed E-state index contributed by atoms with van der Waals surface area (Å²) >= 11 is 0. The van der Waals surface area contributed by atoms with Crippen LogP contribution in [0.2, 0.25) is 0 Å². The molecule has 0 heterocycles. The van der Waals surface area contributed by atoms with Crippen LogP contribution in [0.25, 0.3) is 0 Å². The van der Waals surface area contributed by atoms with Gasteiger partial charge >= 0.3 is 5.97 Å². The quantitative estimate of drug-likeness (QED) is 0.748. The molecule has 0 radical (unpaired) electrons. The van der Waals surface area contributed by atoms with Crippen molar-refractivity contribution < 1.29 is 14.3 Å². The molecule has 0 saturated heterocycles. The van der Waals surface area contributed by atoms with Gasteiger partial charge in [-0.2, -0.15) is 0 Å². The molecule has 0 atom stereocenters. The van der Waals surface area contributed by atoms with Crippen molar-refractivity contribution in [2.24, 2.45) is 0 Å². The summed E-state index contributed by atoms with van der Waals surface area (Å²) in [4.78, 5) is 25.1. The van der Waals surface area contributed by atoms with Gasteiger partial charge in [0.25, 0.3) is 5.91 Å². The third-order valence-electron chi connectivity index (χ3n) is 4.07. The van der Waals surface area contributed by atoms with E-state index in [-0.39, 0.29) is 5.91 Å². The first kappa shape index (κ1) is 18.7. The number of para-hydroxylation sites is 1. The van der Waals surface area contributed by atoms with Gasteiger partial charge in [0.15, 0.2) is 0 Å². The summed E-state index contributed by atoms with van der Waals surface area (Å²) in [5, 5.41) is 3.00. The van der Waals surface area contributed by atoms with E-state index in [1.807, 2.05) is 25.1 Å². The van der Waals surface area contributed by atoms with Crippen LogP contribution in [0.4, 0.5) is 5.69 Å². The van der Waals surface area contributed by atoms with Crippen molar-refractivity contribution in [1.29, 1.82) is 0 Å². The van der Waals surface area contributed by atoms with Crippen molar-refractivity contribution in [1.82, 2.24) is 0 Å². The van der Waals surface area contributed by atoms with E-state index in [0.717, 1.165) is 36.1 Å². The van der Waals surface area contributed by atoms with Crippen LogP contribution in [0, 0.1) is 0 Å². The fourth-order valence-electron chi connectivity index (χ4n) is 2.72. The Bertz CT molecular complexity index is 730. The number of rotatable bonds is 7. The second-order valence-corrected chi connectivity index (χ2v) is 5.79. The fraction of sp³-hybridized carbons (Fsp3) is 0.333. The second-order valence-electron chi connectivity index (χ2n) is 5.79. The topological polar surface area (TPSA) is 55.4 Å². The molecule has 132 valence electrons. The third kappa shape index (κ3) is 4.47. The summed E-state index contributed by atoms with van der Waals surface area (Å²) < 4.78 is 5.19. The van der Waals surface area contributed by atoms with E-state index in [2.05, 4.69) is 19.2 Å². The molecule has 0 fully saturated rings. The molecule has 4 nitrogen and oxygen atoms in total. The summed E-state index contributed by atoms with van der Waals surface area (Å²) in [6.07, 6.45) is 2.39. The van der Waals surface area contributed by atoms with Crippen molar-refractivity contribution in [3.63, 3.8) is 0 Å². The molecule has 0 spiro atoms. The Morgan fingerprint density at radius 2 is 1.48 bits per heavy atom. The highest BCUT2D eigenvalue weighted by molar-refractivity contribution is 6.11. The van der Waals surface area contributed by atoms with Crippen LogP contribution in [0.5, 0.6) is 0 Å². The van der Waals surface area contributed by atoms with Gasteiger partial charge in [-0.25, -0.2) is 4.79 Å². The van der Waals surface area contributed by atoms with Crippen LogP contribution in [0.1, 0.15) is 59.0 Å². The van der Waals surface area contributed by atoms with E-state index >= 15 is 0 Å². The second kappa shape index (κ2) is 9.02. The molecule has 0 aromatic heterocycles. The minimum absolute atomic E-state index is 0.292. The minimum atomic E-state index is -0.466. The first-order chi connectivity index (χ1) is 12.1. The zero-order valence-electron chi connectivity index (χ0n) is 15.1. The van der Waals surface area contributed by atoms with Crippen LogP contribution in [-0.4, -0.2) is 18.5 Å². The number of carbonyl (C=O) groups excluding carboxylic acids is 2. The van der Waals surface area contributed by atoms with Gasteiger partial charge in [0.05, 0.1) is 17.7 Å². The van der Waals surface area contributed by atoms with E-state index in [4.69, 9.17) is 4.74 Å². The van der Waals surface area contributed by atoms with Crippen molar-refractivity contribution in [2.45, 2.75) is 40.0 Å². The monoisotopic (exact) mass is 339 g/mol. The largest absolute Gasteiger partial charge is 0.462 e. The molecule has 0 aliphatic heterocycles. The highest BCUT2D eigenvalue weighted by Crippen LogP contribution is 2.24. The Balaban J connectivity index is 2.33. The van der Waals surface area contributed by atoms with Gasteiger partial charge in [-0.1, -0.05) is 51.1 Å². The Morgan fingerprint density at radius 3 is 2.04 bits per heavy atom. The van der Waals surface area contributed by atoms with Gasteiger partial charge in [-0.15, -0.1) is 0 Å². The fourth-order valence-corrected chi connectivity index (χ4v) is 2.72. The summed E-state index contributed by atoms with van der Waals surface area (Å²) in [5.74, 6) is -0.758. The number of nitrogens with one attached hydrogen (secondary N) is 1. The smallest absolute Gasteiger partial charge is 0.338 e. The molecule has 1 N–H and O–H groups in total. The lowest BCUT2D eigenvalue weighted by Crippen LogP contribution is -2.19. The van der Waals surface area contributed by atoms with E-state index in [1.54, 1.807) is 24.3 Å². The zero-order valence-corrected chi connectivity index (χ0v) is 15.1. The van der Waals surface area contributed by atoms with Crippen LogP contribution < -0.4 is 5.32 Å². The molecule has 0 unspecified atom stereocenters. The number of carbonyl (C=O) groups is 2. The lowest BCUT2D eigenvalue weighted by molar-refractivity contribution is 0.0502. The molecule has 0 aliphatic rings. The minimum Gasteiger partial charge on any atom is -0.462 e. The van der Waals surface area contributed by atoms with Gasteiger partial charge in [0.2, 0.25) is 0 Å². The molecular formula is C21H25NO3. The maximum absolute atomic E-state index is 12.8. The number of aryl methyl sites for hydroxylation is 2. The van der Waals surface area contributed by atoms with Crippen molar-refractivity contribution in [3.05, 3.63) is 64.7 Å². The van der Waals surface area contributed by atoms with Crippen LogP contribution >= 0.6 is 0 Å². The number of ether oxygens (including phenoxy) is 1. The predicted molar refractivity (Wildman–Crippen MR) is 100 cm³/mol. The normalized spacial score (nSPS) is 10.4. The van der Waals surface area contributed by atoms with E-state index in [1.165, 1.54) is 0 Å². The van der Waals surface area contributed by atoms with Gasteiger partial charge in [-0.05, 0) is 42.5 Å². The first-order valence-corrected chi connectivity index (χ1v) is 8.80. The summed E-state index contributed by atoms with van der Waals surface area (Å²) in [6.45, 7) is 6.38. The molecule has 0 bridgehead atoms. The molecule has 0 saturated carbocycles. The average molecular weight is 339 g/mol. The summed E-state index contributed by atoms with van der Waals surface area (Å²) in [7, 11) is 0. The van der Waals surface area contributed by atoms with E-state index < -0.39 is 5.97 Å². The van der Waals surface area contributed by atoms with Crippen LogP contribution in [0.15, 0.2) is 42.5 Å². The maximum Gasteiger partial charge on any atom is 0.338 e. The number of anilines is 1.